The molecule has 2 N–H and O–H groups in total. The van der Waals surface area contributed by atoms with Crippen LogP contribution < -0.4 is 10.7 Å². The fourth-order valence-corrected chi connectivity index (χ4v) is 1.88. The molecule has 0 spiro atoms. The van der Waals surface area contributed by atoms with Crippen molar-refractivity contribution in [2.45, 2.75) is 12.8 Å². The van der Waals surface area contributed by atoms with Gasteiger partial charge < -0.3 is 5.32 Å². The number of carbonyl (C=O) groups is 2. The average Bonchev–Trinajstić information content (AvgIpc) is 2.56. The van der Waals surface area contributed by atoms with Crippen molar-refractivity contribution in [3.63, 3.8) is 0 Å². The van der Waals surface area contributed by atoms with Gasteiger partial charge in [-0.1, -0.05) is 41.9 Å². The van der Waals surface area contributed by atoms with Crippen molar-refractivity contribution in [3.05, 3.63) is 65.2 Å². The van der Waals surface area contributed by atoms with E-state index < -0.39 is 0 Å². The Bertz CT molecular complexity index is 685. The van der Waals surface area contributed by atoms with Crippen molar-refractivity contribution in [3.8, 4) is 0 Å². The van der Waals surface area contributed by atoms with Crippen LogP contribution in [0.1, 0.15) is 18.4 Å². The molecule has 0 heterocycles. The van der Waals surface area contributed by atoms with Crippen molar-refractivity contribution in [2.24, 2.45) is 5.10 Å². The molecule has 0 aromatic heterocycles. The van der Waals surface area contributed by atoms with E-state index in [0.29, 0.717) is 10.7 Å². The summed E-state index contributed by atoms with van der Waals surface area (Å²) in [6.07, 6.45) is 1.67. The Kier molecular flexibility index (Phi) is 6.32. The van der Waals surface area contributed by atoms with Gasteiger partial charge in [0.1, 0.15) is 0 Å². The molecular formula is C17H16ClN3O2. The third-order valence-corrected chi connectivity index (χ3v) is 3.16. The van der Waals surface area contributed by atoms with Crippen molar-refractivity contribution in [1.29, 1.82) is 0 Å². The lowest BCUT2D eigenvalue weighted by Crippen LogP contribution is -2.20. The second-order valence-corrected chi connectivity index (χ2v) is 5.20. The Labute approximate surface area is 139 Å². The molecule has 2 amide bonds. The summed E-state index contributed by atoms with van der Waals surface area (Å²) in [5, 5.41) is 7.18. The molecule has 0 aliphatic rings. The molecule has 23 heavy (non-hydrogen) atoms. The van der Waals surface area contributed by atoms with Crippen LogP contribution in [0.2, 0.25) is 5.02 Å². The maximum Gasteiger partial charge on any atom is 0.240 e. The van der Waals surface area contributed by atoms with Crippen molar-refractivity contribution in [1.82, 2.24) is 5.43 Å². The van der Waals surface area contributed by atoms with Crippen LogP contribution in [0.15, 0.2) is 59.7 Å². The second-order valence-electron chi connectivity index (χ2n) is 4.76. The molecule has 0 saturated heterocycles. The summed E-state index contributed by atoms with van der Waals surface area (Å²) in [6, 6.07) is 16.1. The molecule has 118 valence electrons. The first kappa shape index (κ1) is 16.7. The van der Waals surface area contributed by atoms with Crippen molar-refractivity contribution in [2.75, 3.05) is 5.32 Å². The van der Waals surface area contributed by atoms with Crippen LogP contribution in [0.25, 0.3) is 0 Å². The van der Waals surface area contributed by atoms with Crippen LogP contribution in [0.3, 0.4) is 0 Å². The number of nitrogens with zero attached hydrogens (tertiary/aromatic N) is 1. The van der Waals surface area contributed by atoms with Gasteiger partial charge in [0.2, 0.25) is 11.8 Å². The number of hydrogen-bond donors (Lipinski definition) is 2. The Morgan fingerprint density at radius 3 is 2.30 bits per heavy atom. The average molecular weight is 330 g/mol. The first-order valence-electron chi connectivity index (χ1n) is 7.06. The largest absolute Gasteiger partial charge is 0.326 e. The first-order chi connectivity index (χ1) is 11.1. The number of benzene rings is 2. The normalized spacial score (nSPS) is 10.5. The predicted molar refractivity (Wildman–Crippen MR) is 91.5 cm³/mol. The zero-order valence-electron chi connectivity index (χ0n) is 12.3. The molecule has 6 heteroatoms. The van der Waals surface area contributed by atoms with Gasteiger partial charge in [-0.05, 0) is 29.8 Å². The number of anilines is 1. The maximum absolute atomic E-state index is 11.7. The number of hydrazone groups is 1. The number of nitrogens with one attached hydrogen (secondary N) is 2. The van der Waals surface area contributed by atoms with E-state index in [1.54, 1.807) is 36.4 Å². The predicted octanol–water partition coefficient (Wildman–Crippen LogP) is 3.21. The fraction of sp³-hybridized carbons (Fsp3) is 0.118. The van der Waals surface area contributed by atoms with Gasteiger partial charge in [0.25, 0.3) is 0 Å². The number of hydrogen-bond acceptors (Lipinski definition) is 3. The number of amides is 2. The first-order valence-corrected chi connectivity index (χ1v) is 7.43. The number of halogens is 1. The van der Waals surface area contributed by atoms with Crippen LogP contribution in [-0.4, -0.2) is 18.0 Å². The Morgan fingerprint density at radius 2 is 1.61 bits per heavy atom. The minimum atomic E-state index is -0.321. The molecule has 0 aliphatic heterocycles. The van der Waals surface area contributed by atoms with E-state index in [-0.39, 0.29) is 24.7 Å². The molecule has 2 aromatic rings. The highest BCUT2D eigenvalue weighted by molar-refractivity contribution is 6.30. The molecule has 0 bridgehead atoms. The SMILES string of the molecule is O=C(CCC(=O)Nc1ccccc1)N/N=C/c1ccc(Cl)cc1. The summed E-state index contributed by atoms with van der Waals surface area (Å²) in [5.74, 6) is -0.536. The smallest absolute Gasteiger partial charge is 0.240 e. The molecular weight excluding hydrogens is 314 g/mol. The van der Waals surface area contributed by atoms with Crippen molar-refractivity contribution < 1.29 is 9.59 Å². The molecule has 0 fully saturated rings. The third-order valence-electron chi connectivity index (χ3n) is 2.91. The standard InChI is InChI=1S/C17H16ClN3O2/c18-14-8-6-13(7-9-14)12-19-21-17(23)11-10-16(22)20-15-4-2-1-3-5-15/h1-9,12H,10-11H2,(H,20,22)(H,21,23)/b19-12+. The molecule has 0 radical (unpaired) electrons. The molecule has 0 saturated carbocycles. The van der Waals surface area contributed by atoms with Gasteiger partial charge >= 0.3 is 0 Å². The van der Waals surface area contributed by atoms with E-state index in [4.69, 9.17) is 11.6 Å². The van der Waals surface area contributed by atoms with E-state index in [2.05, 4.69) is 15.8 Å². The number of rotatable bonds is 6. The van der Waals surface area contributed by atoms with Crippen LogP contribution >= 0.6 is 11.6 Å². The summed E-state index contributed by atoms with van der Waals surface area (Å²) >= 11 is 5.77. The highest BCUT2D eigenvalue weighted by Crippen LogP contribution is 2.08. The van der Waals surface area contributed by atoms with Crippen molar-refractivity contribution >= 4 is 35.3 Å². The van der Waals surface area contributed by atoms with Crippen LogP contribution in [-0.2, 0) is 9.59 Å². The number of para-hydroxylation sites is 1. The highest BCUT2D eigenvalue weighted by atomic mass is 35.5. The van der Waals surface area contributed by atoms with E-state index in [1.807, 2.05) is 18.2 Å². The van der Waals surface area contributed by atoms with Gasteiger partial charge in [-0.2, -0.15) is 5.10 Å². The molecule has 0 unspecified atom stereocenters. The van der Waals surface area contributed by atoms with Crippen LogP contribution in [0.4, 0.5) is 5.69 Å². The van der Waals surface area contributed by atoms with Crippen LogP contribution in [0.5, 0.6) is 0 Å². The van der Waals surface area contributed by atoms with Gasteiger partial charge in [0.15, 0.2) is 0 Å². The fourth-order valence-electron chi connectivity index (χ4n) is 1.76. The lowest BCUT2D eigenvalue weighted by molar-refractivity contribution is -0.124. The lowest BCUT2D eigenvalue weighted by Gasteiger charge is -2.04. The number of carbonyl (C=O) groups excluding carboxylic acids is 2. The van der Waals surface area contributed by atoms with Gasteiger partial charge in [0.05, 0.1) is 6.21 Å². The minimum Gasteiger partial charge on any atom is -0.326 e. The maximum atomic E-state index is 11.7. The summed E-state index contributed by atoms with van der Waals surface area (Å²) in [7, 11) is 0. The monoisotopic (exact) mass is 329 g/mol. The minimum absolute atomic E-state index is 0.0661. The molecule has 2 aromatic carbocycles. The summed E-state index contributed by atoms with van der Waals surface area (Å²) < 4.78 is 0. The summed E-state index contributed by atoms with van der Waals surface area (Å²) in [5.41, 5.74) is 3.91. The topological polar surface area (TPSA) is 70.6 Å². The Hall–Kier alpha value is -2.66. The summed E-state index contributed by atoms with van der Waals surface area (Å²) in [4.78, 5) is 23.3. The van der Waals surface area contributed by atoms with Gasteiger partial charge in [-0.25, -0.2) is 5.43 Å². The zero-order chi connectivity index (χ0) is 16.5. The molecule has 0 aliphatic carbocycles. The second kappa shape index (κ2) is 8.70. The molecule has 5 nitrogen and oxygen atoms in total. The van der Waals surface area contributed by atoms with Gasteiger partial charge in [0, 0.05) is 23.6 Å². The zero-order valence-corrected chi connectivity index (χ0v) is 13.1. The highest BCUT2D eigenvalue weighted by Gasteiger charge is 2.06. The van der Waals surface area contributed by atoms with E-state index in [0.717, 1.165) is 5.56 Å². The van der Waals surface area contributed by atoms with E-state index >= 15 is 0 Å². The van der Waals surface area contributed by atoms with E-state index in [9.17, 15) is 9.59 Å². The third kappa shape index (κ3) is 6.32. The summed E-state index contributed by atoms with van der Waals surface area (Å²) in [6.45, 7) is 0. The van der Waals surface area contributed by atoms with E-state index in [1.165, 1.54) is 6.21 Å². The Morgan fingerprint density at radius 1 is 0.957 bits per heavy atom. The van der Waals surface area contributed by atoms with Crippen LogP contribution in [0, 0.1) is 0 Å². The molecule has 0 atom stereocenters. The quantitative estimate of drug-likeness (QED) is 0.631. The molecule has 2 rings (SSSR count). The van der Waals surface area contributed by atoms with Gasteiger partial charge in [-0.15, -0.1) is 0 Å². The Balaban J connectivity index is 1.70. The lowest BCUT2D eigenvalue weighted by atomic mass is 10.2. The van der Waals surface area contributed by atoms with Gasteiger partial charge in [-0.3, -0.25) is 9.59 Å².